The Labute approximate surface area is 116 Å². The van der Waals surface area contributed by atoms with E-state index in [1.807, 2.05) is 0 Å². The summed E-state index contributed by atoms with van der Waals surface area (Å²) < 4.78 is 5.31. The lowest BCUT2D eigenvalue weighted by atomic mass is 9.94. The minimum Gasteiger partial charge on any atom is -0.389 e. The van der Waals surface area contributed by atoms with Crippen molar-refractivity contribution in [3.8, 4) is 0 Å². The van der Waals surface area contributed by atoms with Crippen LogP contribution in [-0.4, -0.2) is 61.5 Å². The molecular weight excluding hydrogens is 263 g/mol. The van der Waals surface area contributed by atoms with Crippen molar-refractivity contribution in [3.05, 3.63) is 0 Å². The van der Waals surface area contributed by atoms with Gasteiger partial charge in [-0.1, -0.05) is 0 Å². The van der Waals surface area contributed by atoms with E-state index in [2.05, 4.69) is 10.2 Å². The number of ether oxygens (including phenoxy) is 1. The maximum Gasteiger partial charge on any atom is 0.0786 e. The van der Waals surface area contributed by atoms with Gasteiger partial charge in [-0.3, -0.25) is 4.90 Å². The van der Waals surface area contributed by atoms with E-state index < -0.39 is 5.60 Å². The molecule has 0 aliphatic carbocycles. The second-order valence-electron chi connectivity index (χ2n) is 4.72. The first-order chi connectivity index (χ1) is 7.29. The summed E-state index contributed by atoms with van der Waals surface area (Å²) in [5.41, 5.74) is -0.471. The van der Waals surface area contributed by atoms with Crippen LogP contribution in [0.1, 0.15) is 19.3 Å². The molecule has 2 rings (SSSR count). The summed E-state index contributed by atoms with van der Waals surface area (Å²) in [5.74, 6) is 0. The molecule has 0 spiro atoms. The topological polar surface area (TPSA) is 44.7 Å². The summed E-state index contributed by atoms with van der Waals surface area (Å²) in [4.78, 5) is 2.33. The van der Waals surface area contributed by atoms with Crippen molar-refractivity contribution in [2.75, 3.05) is 45.9 Å². The monoisotopic (exact) mass is 286 g/mol. The Bertz CT molecular complexity index is 194. The van der Waals surface area contributed by atoms with Gasteiger partial charge in [-0.2, -0.15) is 0 Å². The van der Waals surface area contributed by atoms with Gasteiger partial charge in [0.05, 0.1) is 18.8 Å². The average molecular weight is 287 g/mol. The Kier molecular flexibility index (Phi) is 8.72. The van der Waals surface area contributed by atoms with Crippen LogP contribution in [0.15, 0.2) is 0 Å². The third-order valence-electron chi connectivity index (χ3n) is 3.38. The van der Waals surface area contributed by atoms with Gasteiger partial charge in [0.15, 0.2) is 0 Å². The summed E-state index contributed by atoms with van der Waals surface area (Å²) in [6, 6.07) is 0. The standard InChI is InChI=1S/C11H22N2O2.2ClH/c14-11(2-1-4-12-5-3-11)10-13-6-8-15-9-7-13;;/h12,14H,1-10H2;2*1H. The Morgan fingerprint density at radius 1 is 1.12 bits per heavy atom. The smallest absolute Gasteiger partial charge is 0.0786 e. The lowest BCUT2D eigenvalue weighted by Crippen LogP contribution is -2.47. The van der Waals surface area contributed by atoms with E-state index in [1.165, 1.54) is 0 Å². The van der Waals surface area contributed by atoms with Crippen LogP contribution in [0.4, 0.5) is 0 Å². The van der Waals surface area contributed by atoms with E-state index in [0.29, 0.717) is 0 Å². The highest BCUT2D eigenvalue weighted by molar-refractivity contribution is 5.85. The van der Waals surface area contributed by atoms with Gasteiger partial charge in [0.2, 0.25) is 0 Å². The fraction of sp³-hybridized carbons (Fsp3) is 1.00. The first-order valence-electron chi connectivity index (χ1n) is 6.02. The summed E-state index contributed by atoms with van der Waals surface area (Å²) in [6.45, 7) is 6.37. The van der Waals surface area contributed by atoms with Gasteiger partial charge < -0.3 is 15.2 Å². The van der Waals surface area contributed by atoms with Crippen molar-refractivity contribution in [2.24, 2.45) is 0 Å². The summed E-state index contributed by atoms with van der Waals surface area (Å²) in [7, 11) is 0. The molecule has 4 nitrogen and oxygen atoms in total. The van der Waals surface area contributed by atoms with Crippen LogP contribution in [0.5, 0.6) is 0 Å². The molecule has 2 saturated heterocycles. The summed E-state index contributed by atoms with van der Waals surface area (Å²) in [6.07, 6.45) is 2.89. The Morgan fingerprint density at radius 2 is 1.82 bits per heavy atom. The van der Waals surface area contributed by atoms with Gasteiger partial charge in [0.25, 0.3) is 0 Å². The first-order valence-corrected chi connectivity index (χ1v) is 6.02. The zero-order valence-electron chi connectivity index (χ0n) is 10.2. The van der Waals surface area contributed by atoms with Gasteiger partial charge in [0.1, 0.15) is 0 Å². The molecule has 2 heterocycles. The number of morpholine rings is 1. The van der Waals surface area contributed by atoms with Crippen LogP contribution in [0.3, 0.4) is 0 Å². The van der Waals surface area contributed by atoms with Gasteiger partial charge in [-0.15, -0.1) is 24.8 Å². The molecule has 0 radical (unpaired) electrons. The molecule has 0 amide bonds. The predicted octanol–water partition coefficient (Wildman–Crippen LogP) is 0.667. The highest BCUT2D eigenvalue weighted by atomic mass is 35.5. The molecule has 0 aromatic rings. The van der Waals surface area contributed by atoms with Crippen molar-refractivity contribution in [1.29, 1.82) is 0 Å². The molecule has 17 heavy (non-hydrogen) atoms. The molecule has 1 atom stereocenters. The number of nitrogens with one attached hydrogen (secondary N) is 1. The third kappa shape index (κ3) is 5.73. The predicted molar refractivity (Wildman–Crippen MR) is 73.4 cm³/mol. The van der Waals surface area contributed by atoms with E-state index in [4.69, 9.17) is 4.74 Å². The second kappa shape index (κ2) is 8.51. The lowest BCUT2D eigenvalue weighted by molar-refractivity contribution is -0.0380. The summed E-state index contributed by atoms with van der Waals surface area (Å²) >= 11 is 0. The number of halogens is 2. The van der Waals surface area contributed by atoms with E-state index in [9.17, 15) is 5.11 Å². The zero-order chi connectivity index (χ0) is 10.6. The highest BCUT2D eigenvalue weighted by Crippen LogP contribution is 2.21. The number of aliphatic hydroxyl groups is 1. The SMILES string of the molecule is Cl.Cl.OC1(CN2CCOCC2)CCCNCC1. The van der Waals surface area contributed by atoms with Gasteiger partial charge >= 0.3 is 0 Å². The Morgan fingerprint density at radius 3 is 2.53 bits per heavy atom. The quantitative estimate of drug-likeness (QED) is 0.783. The van der Waals surface area contributed by atoms with E-state index >= 15 is 0 Å². The van der Waals surface area contributed by atoms with Crippen LogP contribution in [0, 0.1) is 0 Å². The van der Waals surface area contributed by atoms with Gasteiger partial charge in [-0.25, -0.2) is 0 Å². The van der Waals surface area contributed by atoms with Crippen molar-refractivity contribution in [1.82, 2.24) is 10.2 Å². The zero-order valence-corrected chi connectivity index (χ0v) is 11.8. The molecule has 0 aromatic carbocycles. The minimum atomic E-state index is -0.471. The molecule has 0 aromatic heterocycles. The largest absolute Gasteiger partial charge is 0.389 e. The number of hydrogen-bond acceptors (Lipinski definition) is 4. The van der Waals surface area contributed by atoms with Crippen molar-refractivity contribution >= 4 is 24.8 Å². The summed E-state index contributed by atoms with van der Waals surface area (Å²) in [5, 5.41) is 13.8. The molecule has 104 valence electrons. The molecule has 0 saturated carbocycles. The normalized spacial score (nSPS) is 30.9. The molecule has 2 fully saturated rings. The minimum absolute atomic E-state index is 0. The molecule has 6 heteroatoms. The molecule has 2 aliphatic rings. The number of β-amino-alcohol motifs (C(OH)–C–C–N with tert-alkyl or cyclic N) is 1. The van der Waals surface area contributed by atoms with Gasteiger partial charge in [0, 0.05) is 19.6 Å². The van der Waals surface area contributed by atoms with Crippen molar-refractivity contribution in [3.63, 3.8) is 0 Å². The first kappa shape index (κ1) is 17.4. The highest BCUT2D eigenvalue weighted by Gasteiger charge is 2.30. The maximum absolute atomic E-state index is 10.5. The number of nitrogens with zero attached hydrogens (tertiary/aromatic N) is 1. The fourth-order valence-electron chi connectivity index (χ4n) is 2.45. The third-order valence-corrected chi connectivity index (χ3v) is 3.38. The molecular formula is C11H24Cl2N2O2. The molecule has 0 bridgehead atoms. The van der Waals surface area contributed by atoms with E-state index in [0.717, 1.165) is 65.2 Å². The molecule has 1 unspecified atom stereocenters. The molecule has 2 N–H and O–H groups in total. The van der Waals surface area contributed by atoms with Crippen molar-refractivity contribution < 1.29 is 9.84 Å². The van der Waals surface area contributed by atoms with Gasteiger partial charge in [-0.05, 0) is 32.4 Å². The number of rotatable bonds is 2. The molecule has 2 aliphatic heterocycles. The van der Waals surface area contributed by atoms with E-state index in [1.54, 1.807) is 0 Å². The van der Waals surface area contributed by atoms with Crippen LogP contribution in [0.2, 0.25) is 0 Å². The Balaban J connectivity index is 0.00000128. The van der Waals surface area contributed by atoms with Crippen LogP contribution < -0.4 is 5.32 Å². The Hall–Kier alpha value is 0.420. The van der Waals surface area contributed by atoms with Crippen LogP contribution >= 0.6 is 24.8 Å². The maximum atomic E-state index is 10.5. The van der Waals surface area contributed by atoms with Crippen molar-refractivity contribution in [2.45, 2.75) is 24.9 Å². The second-order valence-corrected chi connectivity index (χ2v) is 4.72. The lowest BCUT2D eigenvalue weighted by Gasteiger charge is -2.35. The van der Waals surface area contributed by atoms with Crippen LogP contribution in [0.25, 0.3) is 0 Å². The fourth-order valence-corrected chi connectivity index (χ4v) is 2.45. The van der Waals surface area contributed by atoms with E-state index in [-0.39, 0.29) is 24.8 Å². The average Bonchev–Trinajstić information content (AvgIpc) is 2.45. The van der Waals surface area contributed by atoms with Crippen LogP contribution in [-0.2, 0) is 4.74 Å². The number of hydrogen-bond donors (Lipinski definition) is 2.